The summed E-state index contributed by atoms with van der Waals surface area (Å²) in [7, 11) is 0. The minimum absolute atomic E-state index is 0.00301. The van der Waals surface area contributed by atoms with Gasteiger partial charge in [0.2, 0.25) is 0 Å². The zero-order chi connectivity index (χ0) is 12.5. The number of ether oxygens (including phenoxy) is 1. The van der Waals surface area contributed by atoms with Crippen molar-refractivity contribution >= 4 is 22.1 Å². The number of aromatic nitrogens is 2. The summed E-state index contributed by atoms with van der Waals surface area (Å²) in [6.45, 7) is 0.110. The molecule has 7 nitrogen and oxygen atoms in total. The van der Waals surface area contributed by atoms with E-state index in [0.717, 1.165) is 0 Å². The summed E-state index contributed by atoms with van der Waals surface area (Å²) >= 11 is 1.31. The highest BCUT2D eigenvalue weighted by Gasteiger charge is 2.25. The number of hydrogen-bond acceptors (Lipinski definition) is 6. The van der Waals surface area contributed by atoms with Gasteiger partial charge in [-0.15, -0.1) is 0 Å². The summed E-state index contributed by atoms with van der Waals surface area (Å²) in [4.78, 5) is 15.1. The van der Waals surface area contributed by atoms with E-state index in [1.165, 1.54) is 22.0 Å². The first-order valence-corrected chi connectivity index (χ1v) is 5.89. The summed E-state index contributed by atoms with van der Waals surface area (Å²) in [6.07, 6.45) is 3.10. The summed E-state index contributed by atoms with van der Waals surface area (Å²) in [5.41, 5.74) is 0. The standard InChI is InChI=1S/C10H7N3O4S/c14-13(15)9-8(11-10-12(9)3-5-18-10)17-6-7-2-1-4-16-7/h1-5H,6H2. The van der Waals surface area contributed by atoms with Gasteiger partial charge >= 0.3 is 11.7 Å². The molecule has 3 aromatic heterocycles. The summed E-state index contributed by atoms with van der Waals surface area (Å²) in [5, 5.41) is 12.7. The van der Waals surface area contributed by atoms with E-state index in [0.29, 0.717) is 10.7 Å². The molecule has 0 saturated carbocycles. The monoisotopic (exact) mass is 265 g/mol. The van der Waals surface area contributed by atoms with E-state index in [2.05, 4.69) is 4.98 Å². The first-order chi connectivity index (χ1) is 8.75. The third-order valence-corrected chi connectivity index (χ3v) is 3.07. The highest BCUT2D eigenvalue weighted by atomic mass is 32.1. The Hall–Kier alpha value is -2.35. The highest BCUT2D eigenvalue weighted by Crippen LogP contribution is 2.30. The minimum Gasteiger partial charge on any atom is -0.466 e. The molecule has 18 heavy (non-hydrogen) atoms. The van der Waals surface area contributed by atoms with Gasteiger partial charge < -0.3 is 19.3 Å². The Morgan fingerprint density at radius 1 is 1.61 bits per heavy atom. The first kappa shape index (κ1) is 10.8. The van der Waals surface area contributed by atoms with Gasteiger partial charge in [-0.25, -0.2) is 0 Å². The maximum Gasteiger partial charge on any atom is 0.393 e. The molecule has 0 N–H and O–H groups in total. The smallest absolute Gasteiger partial charge is 0.393 e. The Kier molecular flexibility index (Phi) is 2.49. The molecule has 0 radical (unpaired) electrons. The Morgan fingerprint density at radius 3 is 3.22 bits per heavy atom. The van der Waals surface area contributed by atoms with E-state index in [-0.39, 0.29) is 18.3 Å². The third kappa shape index (κ3) is 1.72. The minimum atomic E-state index is -0.510. The average Bonchev–Trinajstić information content (AvgIpc) is 3.01. The Balaban J connectivity index is 1.93. The highest BCUT2D eigenvalue weighted by molar-refractivity contribution is 7.15. The molecule has 0 aliphatic carbocycles. The molecular formula is C10H7N3O4S. The molecule has 3 heterocycles. The lowest BCUT2D eigenvalue weighted by Crippen LogP contribution is -1.99. The molecule has 8 heteroatoms. The van der Waals surface area contributed by atoms with Crippen LogP contribution in [0.5, 0.6) is 5.88 Å². The van der Waals surface area contributed by atoms with E-state index in [9.17, 15) is 10.1 Å². The Labute approximate surface area is 104 Å². The molecule has 0 unspecified atom stereocenters. The van der Waals surface area contributed by atoms with Crippen molar-refractivity contribution in [3.8, 4) is 5.88 Å². The molecule has 0 saturated heterocycles. The van der Waals surface area contributed by atoms with Gasteiger partial charge in [-0.05, 0) is 17.1 Å². The zero-order valence-corrected chi connectivity index (χ0v) is 9.79. The summed E-state index contributed by atoms with van der Waals surface area (Å²) < 4.78 is 11.8. The molecule has 0 aromatic carbocycles. The maximum absolute atomic E-state index is 11.0. The number of thiazole rings is 1. The summed E-state index contributed by atoms with van der Waals surface area (Å²) in [5.74, 6) is 0.418. The second kappa shape index (κ2) is 4.15. The first-order valence-electron chi connectivity index (χ1n) is 5.01. The number of furan rings is 1. The van der Waals surface area contributed by atoms with Crippen molar-refractivity contribution < 1.29 is 14.1 Å². The van der Waals surface area contributed by atoms with Gasteiger partial charge in [0.25, 0.3) is 4.96 Å². The van der Waals surface area contributed by atoms with Crippen LogP contribution in [0.15, 0.2) is 34.4 Å². The third-order valence-electron chi connectivity index (χ3n) is 2.31. The number of imidazole rings is 1. The predicted octanol–water partition coefficient (Wildman–Crippen LogP) is 2.48. The van der Waals surface area contributed by atoms with Crippen molar-refractivity contribution in [2.24, 2.45) is 0 Å². The molecule has 0 bridgehead atoms. The Bertz CT molecular complexity index is 685. The predicted molar refractivity (Wildman–Crippen MR) is 62.8 cm³/mol. The van der Waals surface area contributed by atoms with Crippen molar-refractivity contribution in [2.75, 3.05) is 0 Å². The van der Waals surface area contributed by atoms with Crippen molar-refractivity contribution in [3.05, 3.63) is 45.8 Å². The Morgan fingerprint density at radius 2 is 2.50 bits per heavy atom. The van der Waals surface area contributed by atoms with Gasteiger partial charge in [-0.2, -0.15) is 9.38 Å². The maximum atomic E-state index is 11.0. The fourth-order valence-corrected chi connectivity index (χ4v) is 2.25. The van der Waals surface area contributed by atoms with E-state index in [1.807, 2.05) is 0 Å². The molecule has 3 rings (SSSR count). The molecule has 3 aromatic rings. The van der Waals surface area contributed by atoms with Gasteiger partial charge in [-0.1, -0.05) is 11.3 Å². The second-order valence-corrected chi connectivity index (χ2v) is 4.29. The zero-order valence-electron chi connectivity index (χ0n) is 8.98. The fraction of sp³-hybridized carbons (Fsp3) is 0.100. The fourth-order valence-electron chi connectivity index (χ4n) is 1.55. The molecule has 0 aliphatic rings. The lowest BCUT2D eigenvalue weighted by molar-refractivity contribution is -0.391. The van der Waals surface area contributed by atoms with Crippen LogP contribution >= 0.6 is 11.3 Å². The van der Waals surface area contributed by atoms with Gasteiger partial charge in [0, 0.05) is 5.38 Å². The molecule has 0 spiro atoms. The van der Waals surface area contributed by atoms with Crippen LogP contribution in [-0.2, 0) is 6.61 Å². The molecule has 0 aliphatic heterocycles. The van der Waals surface area contributed by atoms with Gasteiger partial charge in [0.05, 0.1) is 6.26 Å². The van der Waals surface area contributed by atoms with Crippen molar-refractivity contribution in [3.63, 3.8) is 0 Å². The van der Waals surface area contributed by atoms with Gasteiger partial charge in [0.1, 0.15) is 18.6 Å². The van der Waals surface area contributed by atoms with Crippen LogP contribution in [0.2, 0.25) is 0 Å². The van der Waals surface area contributed by atoms with E-state index < -0.39 is 4.92 Å². The molecular weight excluding hydrogens is 258 g/mol. The van der Waals surface area contributed by atoms with Crippen LogP contribution in [0.3, 0.4) is 0 Å². The van der Waals surface area contributed by atoms with Crippen LogP contribution in [0.4, 0.5) is 5.82 Å². The normalized spacial score (nSPS) is 10.9. The van der Waals surface area contributed by atoms with Crippen LogP contribution < -0.4 is 4.74 Å². The molecule has 0 fully saturated rings. The van der Waals surface area contributed by atoms with Crippen molar-refractivity contribution in [1.82, 2.24) is 9.38 Å². The molecule has 0 amide bonds. The molecule has 92 valence electrons. The number of nitro groups is 1. The van der Waals surface area contributed by atoms with Crippen molar-refractivity contribution in [1.29, 1.82) is 0 Å². The van der Waals surface area contributed by atoms with E-state index in [1.54, 1.807) is 23.7 Å². The van der Waals surface area contributed by atoms with Gasteiger partial charge in [-0.3, -0.25) is 0 Å². The van der Waals surface area contributed by atoms with E-state index >= 15 is 0 Å². The van der Waals surface area contributed by atoms with Crippen molar-refractivity contribution in [2.45, 2.75) is 6.61 Å². The number of rotatable bonds is 4. The quantitative estimate of drug-likeness (QED) is 0.534. The van der Waals surface area contributed by atoms with Gasteiger partial charge in [0.15, 0.2) is 0 Å². The molecule has 0 atom stereocenters. The second-order valence-electron chi connectivity index (χ2n) is 3.42. The van der Waals surface area contributed by atoms with Crippen LogP contribution in [0.25, 0.3) is 4.96 Å². The topological polar surface area (TPSA) is 82.8 Å². The largest absolute Gasteiger partial charge is 0.466 e. The van der Waals surface area contributed by atoms with Crippen LogP contribution in [0.1, 0.15) is 5.76 Å². The van der Waals surface area contributed by atoms with Crippen LogP contribution in [0, 0.1) is 10.1 Å². The number of nitrogens with zero attached hydrogens (tertiary/aromatic N) is 3. The van der Waals surface area contributed by atoms with Crippen LogP contribution in [-0.4, -0.2) is 14.3 Å². The average molecular weight is 265 g/mol. The van der Waals surface area contributed by atoms with E-state index in [4.69, 9.17) is 9.15 Å². The lowest BCUT2D eigenvalue weighted by atomic mass is 10.5. The SMILES string of the molecule is O=[N+]([O-])c1c(OCc2ccco2)nc2sccn12. The summed E-state index contributed by atoms with van der Waals surface area (Å²) in [6, 6.07) is 3.45. The lowest BCUT2D eigenvalue weighted by Gasteiger charge is -2.00. The number of hydrogen-bond donors (Lipinski definition) is 0. The number of fused-ring (bicyclic) bond motifs is 1.